The molecule has 39 heavy (non-hydrogen) atoms. The summed E-state index contributed by atoms with van der Waals surface area (Å²) in [5, 5.41) is 6.22. The molecule has 1 aliphatic heterocycles. The van der Waals surface area contributed by atoms with Crippen molar-refractivity contribution < 1.29 is 18.5 Å². The van der Waals surface area contributed by atoms with Gasteiger partial charge in [0.05, 0.1) is 17.0 Å². The van der Waals surface area contributed by atoms with Gasteiger partial charge in [-0.15, -0.1) is 0 Å². The van der Waals surface area contributed by atoms with Gasteiger partial charge in [0, 0.05) is 11.5 Å². The largest absolute Gasteiger partial charge is 0.489 e. The highest BCUT2D eigenvalue weighted by molar-refractivity contribution is 6.12. The molecule has 7 heteroatoms. The molecule has 0 N–H and O–H groups in total. The molecule has 1 amide bonds. The fourth-order valence-corrected chi connectivity index (χ4v) is 5.21. The highest BCUT2D eigenvalue weighted by Gasteiger charge is 2.45. The standard InChI is InChI=1S/C32H22N2O5/c1-19-17-26(33-39-19)34-28(22-11-14-23(15-12-22)37-18-20-7-3-2-4-8-20)27-29(35)25-16-13-21-9-5-6-10-24(21)30(25)38-31(27)32(34)36/h2-17,28H,18H2,1H3/t28-/m0/s1. The summed E-state index contributed by atoms with van der Waals surface area (Å²) in [6, 6.07) is 29.5. The number of rotatable bonds is 5. The van der Waals surface area contributed by atoms with Crippen LogP contribution in [0.5, 0.6) is 5.75 Å². The third-order valence-corrected chi connectivity index (χ3v) is 7.07. The van der Waals surface area contributed by atoms with Gasteiger partial charge in [-0.1, -0.05) is 78.0 Å². The quantitative estimate of drug-likeness (QED) is 0.242. The number of aryl methyl sites for hydroxylation is 1. The molecule has 7 rings (SSSR count). The Balaban J connectivity index is 1.36. The van der Waals surface area contributed by atoms with Gasteiger partial charge in [-0.3, -0.25) is 14.5 Å². The SMILES string of the molecule is Cc1cc(N2C(=O)c3oc4c(ccc5ccccc54)c(=O)c3[C@@H]2c2ccc(OCc3ccccc3)cc2)no1. The minimum absolute atomic E-state index is 0.0129. The molecule has 0 bridgehead atoms. The second kappa shape index (κ2) is 8.99. The molecule has 0 radical (unpaired) electrons. The second-order valence-electron chi connectivity index (χ2n) is 9.55. The van der Waals surface area contributed by atoms with E-state index in [-0.39, 0.29) is 16.8 Å². The number of carbonyl (C=O) groups is 1. The summed E-state index contributed by atoms with van der Waals surface area (Å²) >= 11 is 0. The third kappa shape index (κ3) is 3.78. The molecule has 6 aromatic rings. The number of carbonyl (C=O) groups excluding carboxylic acids is 1. The molecular weight excluding hydrogens is 492 g/mol. The number of hydrogen-bond acceptors (Lipinski definition) is 6. The molecule has 190 valence electrons. The van der Waals surface area contributed by atoms with Crippen LogP contribution in [0.3, 0.4) is 0 Å². The molecule has 0 saturated carbocycles. The molecular formula is C32H22N2O5. The van der Waals surface area contributed by atoms with Gasteiger partial charge in [0.2, 0.25) is 5.76 Å². The monoisotopic (exact) mass is 514 g/mol. The van der Waals surface area contributed by atoms with Gasteiger partial charge in [0.15, 0.2) is 11.2 Å². The topological polar surface area (TPSA) is 85.8 Å². The van der Waals surface area contributed by atoms with Crippen molar-refractivity contribution in [2.45, 2.75) is 19.6 Å². The molecule has 4 aromatic carbocycles. The lowest BCUT2D eigenvalue weighted by Crippen LogP contribution is -2.29. The Bertz CT molecular complexity index is 1920. The van der Waals surface area contributed by atoms with Crippen LogP contribution >= 0.6 is 0 Å². The molecule has 0 unspecified atom stereocenters. The van der Waals surface area contributed by atoms with Crippen molar-refractivity contribution in [2.75, 3.05) is 4.90 Å². The normalized spacial score (nSPS) is 14.7. The first kappa shape index (κ1) is 23.0. The average Bonchev–Trinajstić information content (AvgIpc) is 3.53. The van der Waals surface area contributed by atoms with E-state index in [2.05, 4.69) is 5.16 Å². The Labute approximate surface area is 222 Å². The lowest BCUT2D eigenvalue weighted by Gasteiger charge is -2.22. The summed E-state index contributed by atoms with van der Waals surface area (Å²) in [6.07, 6.45) is 0. The minimum atomic E-state index is -0.743. The highest BCUT2D eigenvalue weighted by atomic mass is 16.5. The number of hydrogen-bond donors (Lipinski definition) is 0. The van der Waals surface area contributed by atoms with Gasteiger partial charge in [0.25, 0.3) is 5.91 Å². The van der Waals surface area contributed by atoms with E-state index in [1.807, 2.05) is 84.9 Å². The Hall–Kier alpha value is -5.17. The number of anilines is 1. The van der Waals surface area contributed by atoms with Crippen molar-refractivity contribution in [3.8, 4) is 5.75 Å². The molecule has 0 aliphatic carbocycles. The van der Waals surface area contributed by atoms with E-state index in [1.165, 1.54) is 4.90 Å². The minimum Gasteiger partial charge on any atom is -0.489 e. The predicted molar refractivity (Wildman–Crippen MR) is 147 cm³/mol. The molecule has 1 atom stereocenters. The van der Waals surface area contributed by atoms with Crippen molar-refractivity contribution >= 4 is 33.5 Å². The summed E-state index contributed by atoms with van der Waals surface area (Å²) in [4.78, 5) is 29.3. The Morgan fingerprint density at radius 2 is 1.64 bits per heavy atom. The van der Waals surface area contributed by atoms with Crippen molar-refractivity contribution in [1.82, 2.24) is 5.16 Å². The van der Waals surface area contributed by atoms with E-state index in [4.69, 9.17) is 13.7 Å². The molecule has 0 saturated heterocycles. The van der Waals surface area contributed by atoms with E-state index in [1.54, 1.807) is 19.1 Å². The number of aromatic nitrogens is 1. The van der Waals surface area contributed by atoms with Crippen LogP contribution in [0.25, 0.3) is 21.7 Å². The maximum absolute atomic E-state index is 14.0. The smallest absolute Gasteiger partial charge is 0.296 e. The average molecular weight is 515 g/mol. The van der Waals surface area contributed by atoms with E-state index in [0.717, 1.165) is 21.9 Å². The van der Waals surface area contributed by atoms with E-state index in [9.17, 15) is 9.59 Å². The van der Waals surface area contributed by atoms with Gasteiger partial charge in [0.1, 0.15) is 23.7 Å². The van der Waals surface area contributed by atoms with E-state index >= 15 is 0 Å². The highest BCUT2D eigenvalue weighted by Crippen LogP contribution is 2.42. The van der Waals surface area contributed by atoms with Crippen LogP contribution in [-0.4, -0.2) is 11.1 Å². The number of amides is 1. The second-order valence-corrected chi connectivity index (χ2v) is 9.55. The van der Waals surface area contributed by atoms with Gasteiger partial charge in [-0.2, -0.15) is 0 Å². The molecule has 2 aromatic heterocycles. The maximum Gasteiger partial charge on any atom is 0.296 e. The Kier molecular flexibility index (Phi) is 5.30. The van der Waals surface area contributed by atoms with Crippen molar-refractivity contribution in [2.24, 2.45) is 0 Å². The van der Waals surface area contributed by atoms with E-state index in [0.29, 0.717) is 34.9 Å². The number of nitrogens with zero attached hydrogens (tertiary/aromatic N) is 2. The van der Waals surface area contributed by atoms with Crippen LogP contribution in [0.2, 0.25) is 0 Å². The van der Waals surface area contributed by atoms with Gasteiger partial charge in [-0.05, 0) is 41.6 Å². The lowest BCUT2D eigenvalue weighted by molar-refractivity contribution is 0.0969. The summed E-state index contributed by atoms with van der Waals surface area (Å²) < 4.78 is 17.5. The first-order valence-electron chi connectivity index (χ1n) is 12.6. The Morgan fingerprint density at radius 3 is 2.41 bits per heavy atom. The molecule has 0 fully saturated rings. The van der Waals surface area contributed by atoms with Crippen LogP contribution in [-0.2, 0) is 6.61 Å². The molecule has 3 heterocycles. The molecule has 0 spiro atoms. The summed E-state index contributed by atoms with van der Waals surface area (Å²) in [7, 11) is 0. The van der Waals surface area contributed by atoms with E-state index < -0.39 is 11.9 Å². The van der Waals surface area contributed by atoms with Gasteiger partial charge >= 0.3 is 0 Å². The van der Waals surface area contributed by atoms with Crippen molar-refractivity contribution in [3.63, 3.8) is 0 Å². The summed E-state index contributed by atoms with van der Waals surface area (Å²) in [5.74, 6) is 1.10. The fraction of sp³-hybridized carbons (Fsp3) is 0.0938. The molecule has 1 aliphatic rings. The Morgan fingerprint density at radius 1 is 0.872 bits per heavy atom. The van der Waals surface area contributed by atoms with Crippen LogP contribution < -0.4 is 15.1 Å². The first-order chi connectivity index (χ1) is 19.1. The summed E-state index contributed by atoms with van der Waals surface area (Å²) in [5.41, 5.74) is 2.21. The number of ether oxygens (including phenoxy) is 1. The zero-order valence-corrected chi connectivity index (χ0v) is 21.0. The van der Waals surface area contributed by atoms with Crippen LogP contribution in [0.15, 0.2) is 111 Å². The zero-order chi connectivity index (χ0) is 26.5. The summed E-state index contributed by atoms with van der Waals surface area (Å²) in [6.45, 7) is 2.18. The third-order valence-electron chi connectivity index (χ3n) is 7.07. The van der Waals surface area contributed by atoms with Crippen molar-refractivity contribution in [3.05, 3.63) is 135 Å². The van der Waals surface area contributed by atoms with Gasteiger partial charge in [-0.25, -0.2) is 0 Å². The predicted octanol–water partition coefficient (Wildman–Crippen LogP) is 6.57. The van der Waals surface area contributed by atoms with Gasteiger partial charge < -0.3 is 13.7 Å². The fourth-order valence-electron chi connectivity index (χ4n) is 5.21. The first-order valence-corrected chi connectivity index (χ1v) is 12.6. The lowest BCUT2D eigenvalue weighted by atomic mass is 9.97. The maximum atomic E-state index is 14.0. The van der Waals surface area contributed by atoms with Crippen molar-refractivity contribution in [1.29, 1.82) is 0 Å². The van der Waals surface area contributed by atoms with Crippen LogP contribution in [0, 0.1) is 6.92 Å². The number of fused-ring (bicyclic) bond motifs is 4. The van der Waals surface area contributed by atoms with Crippen LogP contribution in [0.1, 0.15) is 39.0 Å². The number of benzene rings is 4. The molecule has 7 nitrogen and oxygen atoms in total. The zero-order valence-electron chi connectivity index (χ0n) is 21.0. The van der Waals surface area contributed by atoms with Crippen LogP contribution in [0.4, 0.5) is 5.82 Å².